The van der Waals surface area contributed by atoms with Gasteiger partial charge >= 0.3 is 6.09 Å². The molecule has 0 heterocycles. The summed E-state index contributed by atoms with van der Waals surface area (Å²) in [5.41, 5.74) is 1.66. The Hall–Kier alpha value is -1.97. The Morgan fingerprint density at radius 3 is 2.74 bits per heavy atom. The number of benzene rings is 1. The standard InChI is InChI=1S/C19H30N2O2/c1-7-8-10-15(2)20-17-12-9-11-16(13-17)14-21(6)18(22)23-19(3,4)5/h7,9,11-13,15,20H,1,8,10,14H2,2-6H3. The smallest absolute Gasteiger partial charge is 0.410 e. The van der Waals surface area contributed by atoms with Gasteiger partial charge in [-0.2, -0.15) is 0 Å². The van der Waals surface area contributed by atoms with Crippen molar-refractivity contribution in [1.29, 1.82) is 0 Å². The van der Waals surface area contributed by atoms with Crippen LogP contribution in [0.3, 0.4) is 0 Å². The number of nitrogens with zero attached hydrogens (tertiary/aromatic N) is 1. The van der Waals surface area contributed by atoms with Gasteiger partial charge in [0.1, 0.15) is 5.60 Å². The minimum atomic E-state index is -0.477. The fourth-order valence-corrected chi connectivity index (χ4v) is 2.16. The molecule has 128 valence electrons. The number of rotatable bonds is 7. The third-order valence-corrected chi connectivity index (χ3v) is 3.27. The van der Waals surface area contributed by atoms with Crippen molar-refractivity contribution in [2.75, 3.05) is 12.4 Å². The van der Waals surface area contributed by atoms with Crippen molar-refractivity contribution in [3.05, 3.63) is 42.5 Å². The van der Waals surface area contributed by atoms with E-state index in [9.17, 15) is 4.79 Å². The fourth-order valence-electron chi connectivity index (χ4n) is 2.16. The van der Waals surface area contributed by atoms with Crippen LogP contribution >= 0.6 is 0 Å². The lowest BCUT2D eigenvalue weighted by Gasteiger charge is -2.25. The maximum atomic E-state index is 12.0. The molecule has 1 amide bonds. The summed E-state index contributed by atoms with van der Waals surface area (Å²) in [6, 6.07) is 8.51. The third-order valence-electron chi connectivity index (χ3n) is 3.27. The number of carbonyl (C=O) groups is 1. The second kappa shape index (κ2) is 8.61. The van der Waals surface area contributed by atoms with Crippen LogP contribution in [-0.2, 0) is 11.3 Å². The fraction of sp³-hybridized carbons (Fsp3) is 0.526. The molecule has 0 aromatic heterocycles. The van der Waals surface area contributed by atoms with Crippen LogP contribution in [0.4, 0.5) is 10.5 Å². The highest BCUT2D eigenvalue weighted by atomic mass is 16.6. The maximum Gasteiger partial charge on any atom is 0.410 e. The van der Waals surface area contributed by atoms with Crippen LogP contribution in [0.5, 0.6) is 0 Å². The lowest BCUT2D eigenvalue weighted by Crippen LogP contribution is -2.33. The van der Waals surface area contributed by atoms with Gasteiger partial charge in [-0.05, 0) is 58.2 Å². The molecule has 1 unspecified atom stereocenters. The molecule has 0 saturated heterocycles. The summed E-state index contributed by atoms with van der Waals surface area (Å²) in [6.07, 6.45) is 3.67. The lowest BCUT2D eigenvalue weighted by atomic mass is 10.1. The van der Waals surface area contributed by atoms with E-state index in [0.29, 0.717) is 12.6 Å². The molecule has 1 rings (SSSR count). The minimum Gasteiger partial charge on any atom is -0.444 e. The Kier molecular flexibility index (Phi) is 7.14. The number of amides is 1. The van der Waals surface area contributed by atoms with E-state index in [1.54, 1.807) is 11.9 Å². The average molecular weight is 318 g/mol. The van der Waals surface area contributed by atoms with E-state index in [1.807, 2.05) is 45.0 Å². The number of allylic oxidation sites excluding steroid dienone is 1. The predicted molar refractivity (Wildman–Crippen MR) is 96.7 cm³/mol. The van der Waals surface area contributed by atoms with Gasteiger partial charge in [0, 0.05) is 25.3 Å². The van der Waals surface area contributed by atoms with Crippen molar-refractivity contribution in [3.8, 4) is 0 Å². The zero-order valence-electron chi connectivity index (χ0n) is 15.1. The molecule has 1 atom stereocenters. The van der Waals surface area contributed by atoms with Crippen LogP contribution < -0.4 is 5.32 Å². The molecule has 0 bridgehead atoms. The van der Waals surface area contributed by atoms with Gasteiger partial charge in [-0.25, -0.2) is 4.79 Å². The van der Waals surface area contributed by atoms with Crippen LogP contribution in [0.2, 0.25) is 0 Å². The zero-order valence-corrected chi connectivity index (χ0v) is 15.1. The van der Waals surface area contributed by atoms with Gasteiger partial charge in [-0.15, -0.1) is 6.58 Å². The van der Waals surface area contributed by atoms with Crippen LogP contribution in [-0.4, -0.2) is 29.7 Å². The number of ether oxygens (including phenoxy) is 1. The molecule has 0 saturated carbocycles. The van der Waals surface area contributed by atoms with E-state index < -0.39 is 5.60 Å². The van der Waals surface area contributed by atoms with Crippen molar-refractivity contribution in [2.45, 2.75) is 58.7 Å². The normalized spacial score (nSPS) is 12.4. The van der Waals surface area contributed by atoms with Crippen LogP contribution in [0, 0.1) is 0 Å². The average Bonchev–Trinajstić information content (AvgIpc) is 2.43. The molecule has 0 aliphatic heterocycles. The molecule has 0 spiro atoms. The topological polar surface area (TPSA) is 41.6 Å². The van der Waals surface area contributed by atoms with E-state index in [-0.39, 0.29) is 6.09 Å². The SMILES string of the molecule is C=CCCC(C)Nc1cccc(CN(C)C(=O)OC(C)(C)C)c1. The predicted octanol–water partition coefficient (Wildman–Crippen LogP) is 4.82. The second-order valence-corrected chi connectivity index (χ2v) is 6.95. The van der Waals surface area contributed by atoms with Crippen molar-refractivity contribution in [2.24, 2.45) is 0 Å². The molecule has 4 heteroatoms. The van der Waals surface area contributed by atoms with Crippen molar-refractivity contribution < 1.29 is 9.53 Å². The molecule has 1 N–H and O–H groups in total. The largest absolute Gasteiger partial charge is 0.444 e. The molecule has 0 aliphatic rings. The highest BCUT2D eigenvalue weighted by molar-refractivity contribution is 5.67. The molecular formula is C19H30N2O2. The van der Waals surface area contributed by atoms with E-state index in [4.69, 9.17) is 4.74 Å². The monoisotopic (exact) mass is 318 g/mol. The van der Waals surface area contributed by atoms with Crippen LogP contribution in [0.15, 0.2) is 36.9 Å². The Morgan fingerprint density at radius 2 is 2.13 bits per heavy atom. The highest BCUT2D eigenvalue weighted by Crippen LogP contribution is 2.16. The van der Waals surface area contributed by atoms with E-state index >= 15 is 0 Å². The summed E-state index contributed by atoms with van der Waals surface area (Å²) in [5, 5.41) is 3.48. The molecule has 0 radical (unpaired) electrons. The first-order valence-corrected chi connectivity index (χ1v) is 8.12. The Bertz CT molecular complexity index is 520. The van der Waals surface area contributed by atoms with Gasteiger partial charge in [-0.1, -0.05) is 18.2 Å². The summed E-state index contributed by atoms with van der Waals surface area (Å²) in [5.74, 6) is 0. The third kappa shape index (κ3) is 7.73. The number of anilines is 1. The van der Waals surface area contributed by atoms with E-state index in [1.165, 1.54) is 0 Å². The number of nitrogens with one attached hydrogen (secondary N) is 1. The van der Waals surface area contributed by atoms with Gasteiger partial charge in [0.05, 0.1) is 0 Å². The number of hydrogen-bond acceptors (Lipinski definition) is 3. The second-order valence-electron chi connectivity index (χ2n) is 6.95. The Labute approximate surface area is 140 Å². The Morgan fingerprint density at radius 1 is 1.43 bits per heavy atom. The first-order chi connectivity index (χ1) is 10.7. The summed E-state index contributed by atoms with van der Waals surface area (Å²) in [6.45, 7) is 12.0. The van der Waals surface area contributed by atoms with Gasteiger partial charge in [-0.3, -0.25) is 0 Å². The van der Waals surface area contributed by atoms with Crippen LogP contribution in [0.25, 0.3) is 0 Å². The minimum absolute atomic E-state index is 0.310. The maximum absolute atomic E-state index is 12.0. The Balaban J connectivity index is 2.62. The molecule has 23 heavy (non-hydrogen) atoms. The van der Waals surface area contributed by atoms with Gasteiger partial charge in [0.2, 0.25) is 0 Å². The number of carbonyl (C=O) groups excluding carboxylic acids is 1. The molecule has 1 aromatic carbocycles. The first-order valence-electron chi connectivity index (χ1n) is 8.12. The molecule has 0 aliphatic carbocycles. The quantitative estimate of drug-likeness (QED) is 0.733. The highest BCUT2D eigenvalue weighted by Gasteiger charge is 2.19. The number of hydrogen-bond donors (Lipinski definition) is 1. The lowest BCUT2D eigenvalue weighted by molar-refractivity contribution is 0.0285. The molecule has 4 nitrogen and oxygen atoms in total. The van der Waals surface area contributed by atoms with Gasteiger partial charge < -0.3 is 15.0 Å². The summed E-state index contributed by atoms with van der Waals surface area (Å²) in [7, 11) is 1.75. The van der Waals surface area contributed by atoms with Crippen molar-refractivity contribution in [1.82, 2.24) is 4.90 Å². The summed E-state index contributed by atoms with van der Waals surface area (Å²) >= 11 is 0. The zero-order chi connectivity index (χ0) is 17.5. The van der Waals surface area contributed by atoms with Crippen molar-refractivity contribution >= 4 is 11.8 Å². The summed E-state index contributed by atoms with van der Waals surface area (Å²) < 4.78 is 5.37. The van der Waals surface area contributed by atoms with Gasteiger partial charge in [0.25, 0.3) is 0 Å². The van der Waals surface area contributed by atoms with Crippen LogP contribution in [0.1, 0.15) is 46.1 Å². The molecule has 0 fully saturated rings. The molecular weight excluding hydrogens is 288 g/mol. The molecule has 1 aromatic rings. The van der Waals surface area contributed by atoms with E-state index in [0.717, 1.165) is 24.1 Å². The van der Waals surface area contributed by atoms with Gasteiger partial charge in [0.15, 0.2) is 0 Å². The summed E-state index contributed by atoms with van der Waals surface area (Å²) in [4.78, 5) is 13.6. The van der Waals surface area contributed by atoms with E-state index in [2.05, 4.69) is 24.9 Å². The first kappa shape index (κ1) is 19.1. The van der Waals surface area contributed by atoms with Crippen molar-refractivity contribution in [3.63, 3.8) is 0 Å².